The molecule has 0 heterocycles. The highest BCUT2D eigenvalue weighted by Crippen LogP contribution is 2.21. The monoisotopic (exact) mass is 304 g/mol. The number of nitro benzene ring substituents is 1. The molecule has 21 heavy (non-hydrogen) atoms. The predicted molar refractivity (Wildman–Crippen MR) is 81.6 cm³/mol. The number of hydrogen-bond donors (Lipinski definition) is 1. The summed E-state index contributed by atoms with van der Waals surface area (Å²) in [5.41, 5.74) is 1.37. The van der Waals surface area contributed by atoms with E-state index in [-0.39, 0.29) is 11.6 Å². The zero-order valence-corrected chi connectivity index (χ0v) is 12.0. The number of carbonyl (C=O) groups is 1. The van der Waals surface area contributed by atoms with Gasteiger partial charge in [0.25, 0.3) is 5.69 Å². The molecule has 0 unspecified atom stereocenters. The molecule has 1 atom stereocenters. The van der Waals surface area contributed by atoms with Gasteiger partial charge in [0.2, 0.25) is 5.91 Å². The van der Waals surface area contributed by atoms with Crippen molar-refractivity contribution >= 4 is 28.9 Å². The third-order valence-corrected chi connectivity index (χ3v) is 3.36. The molecule has 0 saturated carbocycles. The van der Waals surface area contributed by atoms with Crippen LogP contribution in [0.15, 0.2) is 48.5 Å². The van der Waals surface area contributed by atoms with Crippen LogP contribution in [0.25, 0.3) is 0 Å². The Morgan fingerprint density at radius 3 is 2.24 bits per heavy atom. The van der Waals surface area contributed by atoms with Crippen molar-refractivity contribution in [1.29, 1.82) is 0 Å². The van der Waals surface area contributed by atoms with Gasteiger partial charge >= 0.3 is 0 Å². The Balaban J connectivity index is 2.08. The minimum absolute atomic E-state index is 0.00376. The summed E-state index contributed by atoms with van der Waals surface area (Å²) in [4.78, 5) is 22.3. The molecule has 1 amide bonds. The second-order valence-electron chi connectivity index (χ2n) is 4.57. The van der Waals surface area contributed by atoms with Gasteiger partial charge in [-0.2, -0.15) is 0 Å². The standard InChI is InChI=1S/C15H13ClN2O3/c1-10(11-2-8-14(9-3-11)18(20)21)15(19)17-13-6-4-12(16)5-7-13/h2-10H,1H3,(H,17,19)/t10-/m0/s1. The first kappa shape index (κ1) is 15.0. The van der Waals surface area contributed by atoms with E-state index >= 15 is 0 Å². The highest BCUT2D eigenvalue weighted by Gasteiger charge is 2.16. The summed E-state index contributed by atoms with van der Waals surface area (Å²) in [7, 11) is 0. The highest BCUT2D eigenvalue weighted by molar-refractivity contribution is 6.30. The fourth-order valence-electron chi connectivity index (χ4n) is 1.82. The lowest BCUT2D eigenvalue weighted by atomic mass is 10.00. The Kier molecular flexibility index (Phi) is 4.55. The molecular weight excluding hydrogens is 292 g/mol. The van der Waals surface area contributed by atoms with E-state index in [4.69, 9.17) is 11.6 Å². The van der Waals surface area contributed by atoms with E-state index < -0.39 is 10.8 Å². The maximum atomic E-state index is 12.1. The van der Waals surface area contributed by atoms with E-state index in [9.17, 15) is 14.9 Å². The van der Waals surface area contributed by atoms with Crippen LogP contribution in [0.3, 0.4) is 0 Å². The normalized spacial score (nSPS) is 11.7. The maximum Gasteiger partial charge on any atom is 0.269 e. The number of non-ortho nitro benzene ring substituents is 1. The minimum atomic E-state index is -0.470. The lowest BCUT2D eigenvalue weighted by Crippen LogP contribution is -2.18. The van der Waals surface area contributed by atoms with Crippen molar-refractivity contribution in [3.05, 3.63) is 69.2 Å². The van der Waals surface area contributed by atoms with Crippen molar-refractivity contribution in [2.45, 2.75) is 12.8 Å². The van der Waals surface area contributed by atoms with Crippen molar-refractivity contribution in [3.8, 4) is 0 Å². The Morgan fingerprint density at radius 2 is 1.71 bits per heavy atom. The molecule has 2 aromatic rings. The van der Waals surface area contributed by atoms with E-state index in [2.05, 4.69) is 5.32 Å². The summed E-state index contributed by atoms with van der Waals surface area (Å²) in [6.45, 7) is 1.74. The van der Waals surface area contributed by atoms with Gasteiger partial charge in [-0.1, -0.05) is 23.7 Å². The van der Waals surface area contributed by atoms with E-state index in [0.29, 0.717) is 16.3 Å². The fraction of sp³-hybridized carbons (Fsp3) is 0.133. The topological polar surface area (TPSA) is 72.2 Å². The molecule has 0 aromatic heterocycles. The third-order valence-electron chi connectivity index (χ3n) is 3.11. The summed E-state index contributed by atoms with van der Waals surface area (Å²) >= 11 is 5.78. The lowest BCUT2D eigenvalue weighted by molar-refractivity contribution is -0.384. The van der Waals surface area contributed by atoms with E-state index in [1.807, 2.05) is 0 Å². The van der Waals surface area contributed by atoms with Crippen molar-refractivity contribution in [2.75, 3.05) is 5.32 Å². The zero-order valence-electron chi connectivity index (χ0n) is 11.2. The summed E-state index contributed by atoms with van der Waals surface area (Å²) < 4.78 is 0. The quantitative estimate of drug-likeness (QED) is 0.685. The molecule has 0 aliphatic rings. The van der Waals surface area contributed by atoms with Crippen LogP contribution >= 0.6 is 11.6 Å². The number of nitro groups is 1. The van der Waals surface area contributed by atoms with Crippen molar-refractivity contribution < 1.29 is 9.72 Å². The second-order valence-corrected chi connectivity index (χ2v) is 5.00. The zero-order chi connectivity index (χ0) is 15.4. The Hall–Kier alpha value is -2.40. The number of nitrogens with zero attached hydrogens (tertiary/aromatic N) is 1. The van der Waals surface area contributed by atoms with Crippen LogP contribution in [0.4, 0.5) is 11.4 Å². The average Bonchev–Trinajstić information content (AvgIpc) is 2.49. The maximum absolute atomic E-state index is 12.1. The first-order valence-corrected chi connectivity index (χ1v) is 6.66. The average molecular weight is 305 g/mol. The molecule has 2 aromatic carbocycles. The van der Waals surface area contributed by atoms with Crippen LogP contribution in [0, 0.1) is 10.1 Å². The molecule has 6 heteroatoms. The fourth-order valence-corrected chi connectivity index (χ4v) is 1.95. The Morgan fingerprint density at radius 1 is 1.14 bits per heavy atom. The van der Waals surface area contributed by atoms with Gasteiger partial charge in [-0.05, 0) is 36.8 Å². The van der Waals surface area contributed by atoms with Crippen molar-refractivity contribution in [2.24, 2.45) is 0 Å². The van der Waals surface area contributed by atoms with Crippen LogP contribution in [0.2, 0.25) is 5.02 Å². The SMILES string of the molecule is C[C@H](C(=O)Nc1ccc(Cl)cc1)c1ccc([N+](=O)[O-])cc1. The molecule has 0 aliphatic heterocycles. The number of amides is 1. The van der Waals surface area contributed by atoms with Crippen LogP contribution in [-0.4, -0.2) is 10.8 Å². The second kappa shape index (κ2) is 6.37. The smallest absolute Gasteiger partial charge is 0.269 e. The molecule has 0 spiro atoms. The Bertz CT molecular complexity index is 654. The van der Waals surface area contributed by atoms with Crippen LogP contribution < -0.4 is 5.32 Å². The molecule has 0 bridgehead atoms. The lowest BCUT2D eigenvalue weighted by Gasteiger charge is -2.12. The van der Waals surface area contributed by atoms with Crippen LogP contribution in [0.5, 0.6) is 0 Å². The van der Waals surface area contributed by atoms with Gasteiger partial charge in [0.05, 0.1) is 10.8 Å². The molecule has 1 N–H and O–H groups in total. The van der Waals surface area contributed by atoms with Gasteiger partial charge in [-0.15, -0.1) is 0 Å². The predicted octanol–water partition coefficient (Wildman–Crippen LogP) is 3.99. The minimum Gasteiger partial charge on any atom is -0.326 e. The molecule has 0 saturated heterocycles. The molecule has 0 radical (unpaired) electrons. The number of benzene rings is 2. The summed E-state index contributed by atoms with van der Waals surface area (Å²) in [5.74, 6) is -0.604. The molecule has 0 fully saturated rings. The van der Waals surface area contributed by atoms with Gasteiger partial charge < -0.3 is 5.32 Å². The van der Waals surface area contributed by atoms with E-state index in [0.717, 1.165) is 0 Å². The van der Waals surface area contributed by atoms with Gasteiger partial charge in [0, 0.05) is 22.8 Å². The number of hydrogen-bond acceptors (Lipinski definition) is 3. The number of carbonyl (C=O) groups excluding carboxylic acids is 1. The van der Waals surface area contributed by atoms with E-state index in [1.165, 1.54) is 12.1 Å². The summed E-state index contributed by atoms with van der Waals surface area (Å²) in [6, 6.07) is 12.8. The number of rotatable bonds is 4. The van der Waals surface area contributed by atoms with E-state index in [1.54, 1.807) is 43.3 Å². The molecular formula is C15H13ClN2O3. The number of halogens is 1. The van der Waals surface area contributed by atoms with Gasteiger partial charge in [0.15, 0.2) is 0 Å². The molecule has 108 valence electrons. The molecule has 0 aliphatic carbocycles. The van der Waals surface area contributed by atoms with Crippen LogP contribution in [-0.2, 0) is 4.79 Å². The third kappa shape index (κ3) is 3.79. The van der Waals surface area contributed by atoms with Gasteiger partial charge in [-0.3, -0.25) is 14.9 Å². The first-order valence-electron chi connectivity index (χ1n) is 6.28. The van der Waals surface area contributed by atoms with Gasteiger partial charge in [0.1, 0.15) is 0 Å². The summed E-state index contributed by atoms with van der Waals surface area (Å²) in [5, 5.41) is 14.0. The first-order chi connectivity index (χ1) is 9.97. The largest absolute Gasteiger partial charge is 0.326 e. The summed E-state index contributed by atoms with van der Waals surface area (Å²) in [6.07, 6.45) is 0. The Labute approximate surface area is 126 Å². The highest BCUT2D eigenvalue weighted by atomic mass is 35.5. The van der Waals surface area contributed by atoms with Crippen LogP contribution in [0.1, 0.15) is 18.4 Å². The van der Waals surface area contributed by atoms with Gasteiger partial charge in [-0.25, -0.2) is 0 Å². The molecule has 5 nitrogen and oxygen atoms in total. The van der Waals surface area contributed by atoms with Crippen molar-refractivity contribution in [3.63, 3.8) is 0 Å². The molecule has 2 rings (SSSR count). The van der Waals surface area contributed by atoms with Crippen molar-refractivity contribution in [1.82, 2.24) is 0 Å². The number of nitrogens with one attached hydrogen (secondary N) is 1. The number of anilines is 1.